The van der Waals surface area contributed by atoms with E-state index in [0.717, 1.165) is 15.5 Å². The molecule has 102 valence electrons. The van der Waals surface area contributed by atoms with Gasteiger partial charge in [0.2, 0.25) is 11.8 Å². The van der Waals surface area contributed by atoms with Crippen molar-refractivity contribution < 1.29 is 9.59 Å². The fraction of sp³-hybridized carbons (Fsp3) is 0.0667. The molecular weight excluding hydrogens is 272 g/mol. The highest BCUT2D eigenvalue weighted by molar-refractivity contribution is 7.99. The number of hydrogen-bond acceptors (Lipinski definition) is 3. The lowest BCUT2D eigenvalue weighted by atomic mass is 10.2. The fourth-order valence-corrected chi connectivity index (χ4v) is 2.74. The molecule has 0 saturated heterocycles. The molecule has 0 atom stereocenters. The first kappa shape index (κ1) is 14.1. The van der Waals surface area contributed by atoms with Gasteiger partial charge in [-0.3, -0.25) is 9.59 Å². The summed E-state index contributed by atoms with van der Waals surface area (Å²) in [6.45, 7) is 1.46. The minimum Gasteiger partial charge on any atom is -0.366 e. The van der Waals surface area contributed by atoms with Gasteiger partial charge in [0.05, 0.1) is 5.56 Å². The van der Waals surface area contributed by atoms with Crippen molar-refractivity contribution in [1.29, 1.82) is 0 Å². The maximum atomic E-state index is 11.4. The second-order valence-electron chi connectivity index (χ2n) is 4.17. The van der Waals surface area contributed by atoms with Gasteiger partial charge in [0.1, 0.15) is 0 Å². The molecule has 0 aromatic heterocycles. The van der Waals surface area contributed by atoms with E-state index in [9.17, 15) is 9.59 Å². The number of carbonyl (C=O) groups excluding carboxylic acids is 2. The molecule has 0 aliphatic rings. The second-order valence-corrected chi connectivity index (χ2v) is 5.29. The molecule has 0 saturated carbocycles. The molecule has 5 heteroatoms. The average Bonchev–Trinajstić information content (AvgIpc) is 2.38. The Kier molecular flexibility index (Phi) is 4.42. The summed E-state index contributed by atoms with van der Waals surface area (Å²) in [5, 5.41) is 2.72. The van der Waals surface area contributed by atoms with Crippen LogP contribution in [0.2, 0.25) is 0 Å². The summed E-state index contributed by atoms with van der Waals surface area (Å²) in [4.78, 5) is 24.1. The highest BCUT2D eigenvalue weighted by Gasteiger charge is 2.08. The molecule has 0 spiro atoms. The van der Waals surface area contributed by atoms with Crippen molar-refractivity contribution in [2.45, 2.75) is 16.7 Å². The Morgan fingerprint density at radius 1 is 1.10 bits per heavy atom. The minimum absolute atomic E-state index is 0.121. The summed E-state index contributed by atoms with van der Waals surface area (Å²) in [5.74, 6) is -0.573. The van der Waals surface area contributed by atoms with Crippen LogP contribution < -0.4 is 11.1 Å². The zero-order valence-electron chi connectivity index (χ0n) is 10.9. The first-order chi connectivity index (χ1) is 9.56. The number of nitrogens with one attached hydrogen (secondary N) is 1. The summed E-state index contributed by atoms with van der Waals surface area (Å²) in [6.07, 6.45) is 0. The van der Waals surface area contributed by atoms with Gasteiger partial charge in [-0.1, -0.05) is 30.0 Å². The maximum absolute atomic E-state index is 11.4. The molecule has 0 bridgehead atoms. The van der Waals surface area contributed by atoms with E-state index in [1.54, 1.807) is 12.1 Å². The maximum Gasteiger partial charge on any atom is 0.249 e. The zero-order chi connectivity index (χ0) is 14.5. The van der Waals surface area contributed by atoms with Crippen molar-refractivity contribution in [3.8, 4) is 0 Å². The lowest BCUT2D eigenvalue weighted by Gasteiger charge is -2.08. The van der Waals surface area contributed by atoms with E-state index in [1.165, 1.54) is 18.7 Å². The molecule has 4 nitrogen and oxygen atoms in total. The number of anilines is 1. The van der Waals surface area contributed by atoms with Crippen molar-refractivity contribution in [3.63, 3.8) is 0 Å². The monoisotopic (exact) mass is 286 g/mol. The molecule has 2 amide bonds. The lowest BCUT2D eigenvalue weighted by molar-refractivity contribution is -0.114. The standard InChI is InChI=1S/C15H14N2O2S/c1-10(18)17-11-5-4-6-12(9-11)20-14-8-3-2-7-13(14)15(16)19/h2-9H,1H3,(H2,16,19)(H,17,18). The van der Waals surface area contributed by atoms with Crippen LogP contribution in [-0.4, -0.2) is 11.8 Å². The first-order valence-electron chi connectivity index (χ1n) is 6.00. The van der Waals surface area contributed by atoms with Gasteiger partial charge in [-0.2, -0.15) is 0 Å². The third kappa shape index (κ3) is 3.61. The Hall–Kier alpha value is -2.27. The Bertz CT molecular complexity index is 656. The predicted molar refractivity (Wildman–Crippen MR) is 79.8 cm³/mol. The van der Waals surface area contributed by atoms with Gasteiger partial charge in [-0.05, 0) is 30.3 Å². The van der Waals surface area contributed by atoms with E-state index in [4.69, 9.17) is 5.73 Å². The normalized spacial score (nSPS) is 10.1. The van der Waals surface area contributed by atoms with Crippen LogP contribution in [0, 0.1) is 0 Å². The SMILES string of the molecule is CC(=O)Nc1cccc(Sc2ccccc2C(N)=O)c1. The Labute approximate surface area is 121 Å². The van der Waals surface area contributed by atoms with E-state index in [-0.39, 0.29) is 5.91 Å². The quantitative estimate of drug-likeness (QED) is 0.907. The second kappa shape index (κ2) is 6.25. The van der Waals surface area contributed by atoms with Crippen molar-refractivity contribution in [2.75, 3.05) is 5.32 Å². The molecule has 2 aromatic rings. The number of carbonyl (C=O) groups is 2. The highest BCUT2D eigenvalue weighted by Crippen LogP contribution is 2.31. The van der Waals surface area contributed by atoms with Crippen LogP contribution in [0.5, 0.6) is 0 Å². The van der Waals surface area contributed by atoms with Crippen molar-refractivity contribution in [1.82, 2.24) is 0 Å². The fourth-order valence-electron chi connectivity index (χ4n) is 1.73. The van der Waals surface area contributed by atoms with Crippen LogP contribution in [0.25, 0.3) is 0 Å². The molecule has 20 heavy (non-hydrogen) atoms. The van der Waals surface area contributed by atoms with Gasteiger partial charge in [0.15, 0.2) is 0 Å². The Morgan fingerprint density at radius 3 is 2.55 bits per heavy atom. The summed E-state index contributed by atoms with van der Waals surface area (Å²) in [5.41, 5.74) is 6.56. The zero-order valence-corrected chi connectivity index (χ0v) is 11.7. The minimum atomic E-state index is -0.453. The number of rotatable bonds is 4. The first-order valence-corrected chi connectivity index (χ1v) is 6.82. The Morgan fingerprint density at radius 2 is 1.85 bits per heavy atom. The van der Waals surface area contributed by atoms with Crippen molar-refractivity contribution in [3.05, 3.63) is 54.1 Å². The van der Waals surface area contributed by atoms with Crippen LogP contribution in [0.3, 0.4) is 0 Å². The number of benzene rings is 2. The van der Waals surface area contributed by atoms with Gasteiger partial charge in [0, 0.05) is 22.4 Å². The molecular formula is C15H14N2O2S. The molecule has 2 rings (SSSR count). The number of nitrogens with two attached hydrogens (primary N) is 1. The van der Waals surface area contributed by atoms with E-state index < -0.39 is 5.91 Å². The third-order valence-corrected chi connectivity index (χ3v) is 3.60. The van der Waals surface area contributed by atoms with Gasteiger partial charge in [-0.15, -0.1) is 0 Å². The molecule has 0 heterocycles. The highest BCUT2D eigenvalue weighted by atomic mass is 32.2. The largest absolute Gasteiger partial charge is 0.366 e. The van der Waals surface area contributed by atoms with Crippen LogP contribution in [0.15, 0.2) is 58.3 Å². The van der Waals surface area contributed by atoms with E-state index in [1.807, 2.05) is 36.4 Å². The van der Waals surface area contributed by atoms with Gasteiger partial charge >= 0.3 is 0 Å². The molecule has 0 aliphatic carbocycles. The molecule has 0 unspecified atom stereocenters. The van der Waals surface area contributed by atoms with E-state index in [0.29, 0.717) is 5.56 Å². The van der Waals surface area contributed by atoms with E-state index >= 15 is 0 Å². The van der Waals surface area contributed by atoms with Crippen LogP contribution in [0.1, 0.15) is 17.3 Å². The van der Waals surface area contributed by atoms with Crippen LogP contribution in [-0.2, 0) is 4.79 Å². The van der Waals surface area contributed by atoms with Crippen molar-refractivity contribution in [2.24, 2.45) is 5.73 Å². The smallest absolute Gasteiger partial charge is 0.249 e. The average molecular weight is 286 g/mol. The molecule has 0 fully saturated rings. The van der Waals surface area contributed by atoms with Gasteiger partial charge in [0.25, 0.3) is 0 Å². The predicted octanol–water partition coefficient (Wildman–Crippen LogP) is 2.90. The van der Waals surface area contributed by atoms with Crippen LogP contribution >= 0.6 is 11.8 Å². The molecule has 0 radical (unpaired) electrons. The third-order valence-electron chi connectivity index (χ3n) is 2.53. The molecule has 3 N–H and O–H groups in total. The summed E-state index contributed by atoms with van der Waals surface area (Å²) < 4.78 is 0. The lowest BCUT2D eigenvalue weighted by Crippen LogP contribution is -2.11. The molecule has 2 aromatic carbocycles. The van der Waals surface area contributed by atoms with E-state index in [2.05, 4.69) is 5.32 Å². The number of hydrogen-bond donors (Lipinski definition) is 2. The van der Waals surface area contributed by atoms with Crippen LogP contribution in [0.4, 0.5) is 5.69 Å². The summed E-state index contributed by atoms with van der Waals surface area (Å²) in [7, 11) is 0. The summed E-state index contributed by atoms with van der Waals surface area (Å²) >= 11 is 1.43. The van der Waals surface area contributed by atoms with Crippen molar-refractivity contribution >= 4 is 29.3 Å². The topological polar surface area (TPSA) is 72.2 Å². The summed E-state index contributed by atoms with van der Waals surface area (Å²) in [6, 6.07) is 14.6. The van der Waals surface area contributed by atoms with Gasteiger partial charge in [-0.25, -0.2) is 0 Å². The van der Waals surface area contributed by atoms with Gasteiger partial charge < -0.3 is 11.1 Å². The molecule has 0 aliphatic heterocycles. The Balaban J connectivity index is 2.26. The number of primary amides is 1. The number of amides is 2.